The third-order valence-corrected chi connectivity index (χ3v) is 3.38. The number of benzene rings is 1. The van der Waals surface area contributed by atoms with Crippen molar-refractivity contribution in [3.05, 3.63) is 35.5 Å². The van der Waals surface area contributed by atoms with E-state index < -0.39 is 11.0 Å². The number of nitrogens with one attached hydrogen (secondary N) is 2. The minimum atomic E-state index is -0.587. The topological polar surface area (TPSA) is 61.4 Å². The minimum absolute atomic E-state index is 0.201. The molecular formula is C20H31N3O2. The van der Waals surface area contributed by atoms with Crippen LogP contribution in [0.4, 0.5) is 5.69 Å². The first kappa shape index (κ1) is 20.7. The Kier molecular flexibility index (Phi) is 6.41. The molecule has 1 rings (SSSR count). The van der Waals surface area contributed by atoms with Gasteiger partial charge in [-0.2, -0.15) is 0 Å². The lowest BCUT2D eigenvalue weighted by Gasteiger charge is -2.24. The van der Waals surface area contributed by atoms with E-state index in [-0.39, 0.29) is 17.5 Å². The molecule has 0 heterocycles. The maximum absolute atomic E-state index is 12.6. The van der Waals surface area contributed by atoms with Crippen LogP contribution in [0.2, 0.25) is 0 Å². The van der Waals surface area contributed by atoms with Gasteiger partial charge in [0.05, 0.1) is 0 Å². The monoisotopic (exact) mass is 345 g/mol. The Morgan fingerprint density at radius 2 is 1.48 bits per heavy atom. The lowest BCUT2D eigenvalue weighted by molar-refractivity contribution is -0.129. The summed E-state index contributed by atoms with van der Waals surface area (Å²) in [6.07, 6.45) is 1.70. The van der Waals surface area contributed by atoms with Gasteiger partial charge in [0.2, 0.25) is 5.91 Å². The summed E-state index contributed by atoms with van der Waals surface area (Å²) in [6, 6.07) is 7.78. The number of hydrogen-bond donors (Lipinski definition) is 2. The van der Waals surface area contributed by atoms with Gasteiger partial charge in [-0.25, -0.2) is 0 Å². The fourth-order valence-corrected chi connectivity index (χ4v) is 1.91. The van der Waals surface area contributed by atoms with Crippen LogP contribution in [-0.4, -0.2) is 31.4 Å². The highest BCUT2D eigenvalue weighted by molar-refractivity contribution is 6.02. The highest BCUT2D eigenvalue weighted by atomic mass is 16.2. The molecule has 25 heavy (non-hydrogen) atoms. The quantitative estimate of drug-likeness (QED) is 0.824. The van der Waals surface area contributed by atoms with Gasteiger partial charge < -0.3 is 15.5 Å². The van der Waals surface area contributed by atoms with Crippen molar-refractivity contribution in [3.8, 4) is 0 Å². The van der Waals surface area contributed by atoms with Gasteiger partial charge >= 0.3 is 0 Å². The second-order valence-electron chi connectivity index (χ2n) is 8.45. The molecule has 2 amide bonds. The predicted octanol–water partition coefficient (Wildman–Crippen LogP) is 3.17. The summed E-state index contributed by atoms with van der Waals surface area (Å²) in [5.41, 5.74) is 1.18. The summed E-state index contributed by atoms with van der Waals surface area (Å²) in [5, 5.41) is 5.66. The highest BCUT2D eigenvalue weighted by Crippen LogP contribution is 2.17. The second-order valence-corrected chi connectivity index (χ2v) is 8.45. The van der Waals surface area contributed by atoms with Gasteiger partial charge in [-0.1, -0.05) is 32.9 Å². The maximum atomic E-state index is 12.6. The lowest BCUT2D eigenvalue weighted by Crippen LogP contribution is -2.46. The number of amides is 2. The lowest BCUT2D eigenvalue weighted by atomic mass is 9.95. The van der Waals surface area contributed by atoms with E-state index in [0.717, 1.165) is 11.3 Å². The van der Waals surface area contributed by atoms with E-state index in [2.05, 4.69) is 10.6 Å². The van der Waals surface area contributed by atoms with Crippen molar-refractivity contribution in [2.45, 2.75) is 47.1 Å². The zero-order valence-electron chi connectivity index (χ0n) is 16.7. The molecule has 0 bridgehead atoms. The number of carbonyl (C=O) groups excluding carboxylic acids is 2. The van der Waals surface area contributed by atoms with Crippen molar-refractivity contribution in [3.63, 3.8) is 0 Å². The molecular weight excluding hydrogens is 314 g/mol. The Morgan fingerprint density at radius 3 is 1.88 bits per heavy atom. The molecule has 0 aliphatic heterocycles. The van der Waals surface area contributed by atoms with E-state index in [1.54, 1.807) is 6.08 Å². The van der Waals surface area contributed by atoms with Crippen LogP contribution >= 0.6 is 0 Å². The normalized spacial score (nSPS) is 12.6. The van der Waals surface area contributed by atoms with Gasteiger partial charge in [0.1, 0.15) is 5.70 Å². The van der Waals surface area contributed by atoms with Crippen LogP contribution in [0, 0.1) is 5.41 Å². The first-order valence-corrected chi connectivity index (χ1v) is 8.42. The molecule has 0 fully saturated rings. The third kappa shape index (κ3) is 6.99. The van der Waals surface area contributed by atoms with Gasteiger partial charge in [0.25, 0.3) is 5.91 Å². The summed E-state index contributed by atoms with van der Waals surface area (Å²) in [6.45, 7) is 11.1. The Hall–Kier alpha value is -2.30. The number of anilines is 1. The molecule has 0 aliphatic rings. The molecule has 0 saturated carbocycles. The molecule has 1 aromatic rings. The van der Waals surface area contributed by atoms with Crippen LogP contribution < -0.4 is 15.5 Å². The van der Waals surface area contributed by atoms with Gasteiger partial charge in [-0.15, -0.1) is 0 Å². The van der Waals surface area contributed by atoms with E-state index >= 15 is 0 Å². The minimum Gasteiger partial charge on any atom is -0.378 e. The van der Waals surface area contributed by atoms with Crippen molar-refractivity contribution in [2.75, 3.05) is 19.0 Å². The highest BCUT2D eigenvalue weighted by Gasteiger charge is 2.25. The molecule has 0 unspecified atom stereocenters. The van der Waals surface area contributed by atoms with Crippen LogP contribution in [0.1, 0.15) is 47.1 Å². The fraction of sp³-hybridized carbons (Fsp3) is 0.500. The van der Waals surface area contributed by atoms with E-state index in [9.17, 15) is 9.59 Å². The summed E-state index contributed by atoms with van der Waals surface area (Å²) in [5.74, 6) is -0.505. The van der Waals surface area contributed by atoms with E-state index in [0.29, 0.717) is 0 Å². The van der Waals surface area contributed by atoms with E-state index in [1.807, 2.05) is 84.8 Å². The van der Waals surface area contributed by atoms with Gasteiger partial charge in [-0.05, 0) is 44.5 Å². The number of nitrogens with zero attached hydrogens (tertiary/aromatic N) is 1. The summed E-state index contributed by atoms with van der Waals surface area (Å²) < 4.78 is 0. The van der Waals surface area contributed by atoms with Crippen molar-refractivity contribution in [1.82, 2.24) is 10.6 Å². The molecule has 0 aliphatic carbocycles. The number of rotatable bonds is 4. The Morgan fingerprint density at radius 1 is 0.960 bits per heavy atom. The first-order chi connectivity index (χ1) is 11.3. The SMILES string of the molecule is CN(C)c1ccc(/C=C(/NC(=O)C(C)(C)C)C(=O)NC(C)(C)C)cc1. The fourth-order valence-electron chi connectivity index (χ4n) is 1.91. The van der Waals surface area contributed by atoms with Crippen molar-refractivity contribution in [1.29, 1.82) is 0 Å². The summed E-state index contributed by atoms with van der Waals surface area (Å²) >= 11 is 0. The van der Waals surface area contributed by atoms with Gasteiger partial charge in [0.15, 0.2) is 0 Å². The largest absolute Gasteiger partial charge is 0.378 e. The molecule has 5 nitrogen and oxygen atoms in total. The molecule has 0 radical (unpaired) electrons. The molecule has 1 aromatic carbocycles. The molecule has 0 aromatic heterocycles. The molecule has 5 heteroatoms. The predicted molar refractivity (Wildman–Crippen MR) is 104 cm³/mol. The van der Waals surface area contributed by atoms with Crippen LogP contribution in [0.3, 0.4) is 0 Å². The van der Waals surface area contributed by atoms with Gasteiger partial charge in [-0.3, -0.25) is 9.59 Å². The average Bonchev–Trinajstić information content (AvgIpc) is 2.44. The Balaban J connectivity index is 3.16. The molecule has 138 valence electrons. The van der Waals surface area contributed by atoms with Gasteiger partial charge in [0, 0.05) is 30.7 Å². The van der Waals surface area contributed by atoms with E-state index in [1.165, 1.54) is 0 Å². The Labute approximate surface area is 151 Å². The first-order valence-electron chi connectivity index (χ1n) is 8.42. The molecule has 2 N–H and O–H groups in total. The van der Waals surface area contributed by atoms with Crippen LogP contribution in [0.15, 0.2) is 30.0 Å². The second kappa shape index (κ2) is 7.72. The van der Waals surface area contributed by atoms with Crippen molar-refractivity contribution < 1.29 is 9.59 Å². The average molecular weight is 345 g/mol. The van der Waals surface area contributed by atoms with Crippen LogP contribution in [-0.2, 0) is 9.59 Å². The zero-order chi connectivity index (χ0) is 19.4. The standard InChI is InChI=1S/C20H31N3O2/c1-19(2,3)18(25)21-16(17(24)22-20(4,5)6)13-14-9-11-15(12-10-14)23(7)8/h9-13H,1-8H3,(H,21,25)(H,22,24)/b16-13+. The Bertz CT molecular complexity index is 645. The van der Waals surface area contributed by atoms with Crippen molar-refractivity contribution >= 4 is 23.6 Å². The van der Waals surface area contributed by atoms with Crippen molar-refractivity contribution in [2.24, 2.45) is 5.41 Å². The summed E-state index contributed by atoms with van der Waals surface area (Å²) in [4.78, 5) is 26.9. The number of carbonyl (C=O) groups is 2. The smallest absolute Gasteiger partial charge is 0.268 e. The summed E-state index contributed by atoms with van der Waals surface area (Å²) in [7, 11) is 3.94. The third-order valence-electron chi connectivity index (χ3n) is 3.38. The molecule has 0 saturated heterocycles. The van der Waals surface area contributed by atoms with E-state index in [4.69, 9.17) is 0 Å². The maximum Gasteiger partial charge on any atom is 0.268 e. The van der Waals surface area contributed by atoms with Crippen LogP contribution in [0.25, 0.3) is 6.08 Å². The number of hydrogen-bond acceptors (Lipinski definition) is 3. The molecule has 0 spiro atoms. The van der Waals surface area contributed by atoms with Crippen LogP contribution in [0.5, 0.6) is 0 Å². The zero-order valence-corrected chi connectivity index (χ0v) is 16.7. The molecule has 0 atom stereocenters.